The number of benzene rings is 1. The molecule has 2 aliphatic rings. The van der Waals surface area contributed by atoms with Crippen LogP contribution in [0.3, 0.4) is 0 Å². The number of nitrogens with one attached hydrogen (secondary N) is 2. The van der Waals surface area contributed by atoms with Crippen molar-refractivity contribution in [3.8, 4) is 0 Å². The zero-order valence-electron chi connectivity index (χ0n) is 15.8. The maximum Gasteiger partial charge on any atom is 0.202 e. The number of nitrogens with zero attached hydrogens (tertiary/aromatic N) is 4. The zero-order valence-corrected chi connectivity index (χ0v) is 15.8. The molecule has 0 atom stereocenters. The Morgan fingerprint density at radius 2 is 1.67 bits per heavy atom. The lowest BCUT2D eigenvalue weighted by atomic mass is 10.1. The Balaban J connectivity index is 1.33. The smallest absolute Gasteiger partial charge is 0.202 e. The molecule has 4 rings (SSSR count). The van der Waals surface area contributed by atoms with E-state index in [-0.39, 0.29) is 0 Å². The van der Waals surface area contributed by atoms with Gasteiger partial charge < -0.3 is 14.5 Å². The molecule has 0 saturated heterocycles. The number of aryl methyl sites for hydroxylation is 3. The first kappa shape index (κ1) is 17.8. The lowest BCUT2D eigenvalue weighted by Gasteiger charge is -2.14. The summed E-state index contributed by atoms with van der Waals surface area (Å²) in [6, 6.07) is 8.64. The summed E-state index contributed by atoms with van der Waals surface area (Å²) in [5.74, 6) is 1.01. The maximum atomic E-state index is 8.40. The van der Waals surface area contributed by atoms with Crippen LogP contribution in [0.25, 0.3) is 0 Å². The second-order valence-electron chi connectivity index (χ2n) is 7.27. The van der Waals surface area contributed by atoms with Crippen molar-refractivity contribution in [3.05, 3.63) is 53.4 Å². The first-order valence-electron chi connectivity index (χ1n) is 9.99. The first-order valence-corrected chi connectivity index (χ1v) is 9.99. The lowest BCUT2D eigenvalue weighted by molar-refractivity contribution is 0.589. The van der Waals surface area contributed by atoms with Crippen LogP contribution in [0.15, 0.2) is 46.6 Å². The summed E-state index contributed by atoms with van der Waals surface area (Å²) in [5.41, 5.74) is 4.33. The van der Waals surface area contributed by atoms with E-state index in [4.69, 9.17) is 5.41 Å². The van der Waals surface area contributed by atoms with Gasteiger partial charge in [0.05, 0.1) is 0 Å². The van der Waals surface area contributed by atoms with E-state index in [0.29, 0.717) is 5.62 Å². The summed E-state index contributed by atoms with van der Waals surface area (Å²) in [4.78, 5) is 9.08. The molecule has 1 aromatic heterocycles. The number of hydrogen-bond acceptors (Lipinski definition) is 4. The summed E-state index contributed by atoms with van der Waals surface area (Å²) in [6.07, 6.45) is 9.38. The third-order valence-electron chi connectivity index (χ3n) is 5.34. The Labute approximate surface area is 160 Å². The Kier molecular flexibility index (Phi) is 5.51. The molecule has 0 amide bonds. The van der Waals surface area contributed by atoms with Gasteiger partial charge in [-0.15, -0.1) is 0 Å². The molecule has 142 valence electrons. The van der Waals surface area contributed by atoms with Crippen LogP contribution in [0.4, 0.5) is 0 Å². The molecule has 0 bridgehead atoms. The molecule has 0 saturated carbocycles. The summed E-state index contributed by atoms with van der Waals surface area (Å²) in [5, 5.41) is 11.8. The van der Waals surface area contributed by atoms with Gasteiger partial charge in [-0.2, -0.15) is 0 Å². The van der Waals surface area contributed by atoms with Gasteiger partial charge in [-0.1, -0.05) is 24.3 Å². The van der Waals surface area contributed by atoms with Crippen LogP contribution in [0, 0.1) is 5.41 Å². The van der Waals surface area contributed by atoms with Gasteiger partial charge in [0.15, 0.2) is 0 Å². The zero-order chi connectivity index (χ0) is 18.5. The van der Waals surface area contributed by atoms with Crippen molar-refractivity contribution in [2.24, 2.45) is 9.98 Å². The normalized spacial score (nSPS) is 16.7. The van der Waals surface area contributed by atoms with E-state index in [1.54, 1.807) is 0 Å². The number of imidazole rings is 1. The highest BCUT2D eigenvalue weighted by Crippen LogP contribution is 2.09. The molecule has 6 heteroatoms. The number of rotatable bonds is 7. The number of aliphatic imine (C=N–C) groups is 2. The lowest BCUT2D eigenvalue weighted by Crippen LogP contribution is -2.30. The Morgan fingerprint density at radius 3 is 2.33 bits per heavy atom. The topological polar surface area (TPSA) is 70.5 Å². The predicted molar refractivity (Wildman–Crippen MR) is 109 cm³/mol. The predicted octanol–water partition coefficient (Wildman–Crippen LogP) is 2.38. The third kappa shape index (κ3) is 4.38. The molecular formula is C21H28N6. The van der Waals surface area contributed by atoms with E-state index in [9.17, 15) is 0 Å². The number of aromatic nitrogens is 2. The third-order valence-corrected chi connectivity index (χ3v) is 5.34. The van der Waals surface area contributed by atoms with Gasteiger partial charge in [0.2, 0.25) is 5.62 Å². The molecule has 0 fully saturated rings. The molecular weight excluding hydrogens is 336 g/mol. The molecule has 2 aliphatic heterocycles. The van der Waals surface area contributed by atoms with Crippen LogP contribution in [-0.2, 0) is 19.5 Å². The summed E-state index contributed by atoms with van der Waals surface area (Å²) < 4.78 is 4.05. The second-order valence-corrected chi connectivity index (χ2v) is 7.27. The Morgan fingerprint density at radius 1 is 0.926 bits per heavy atom. The SMILES string of the molecule is N=c1n(CCC2=NCCC2)ccn1CCc1ccc(C2=NCCCN2)cc1. The van der Waals surface area contributed by atoms with Crippen LogP contribution in [-0.4, -0.2) is 40.3 Å². The molecule has 0 aliphatic carbocycles. The van der Waals surface area contributed by atoms with E-state index in [2.05, 4.69) is 39.6 Å². The fourth-order valence-electron chi connectivity index (χ4n) is 3.69. The second kappa shape index (κ2) is 8.37. The summed E-state index contributed by atoms with van der Waals surface area (Å²) in [6.45, 7) is 4.59. The average molecular weight is 364 g/mol. The van der Waals surface area contributed by atoms with Crippen molar-refractivity contribution in [1.82, 2.24) is 14.5 Å². The molecule has 1 aromatic carbocycles. The van der Waals surface area contributed by atoms with Gasteiger partial charge in [0, 0.05) is 62.8 Å². The van der Waals surface area contributed by atoms with Gasteiger partial charge in [0.1, 0.15) is 5.84 Å². The largest absolute Gasteiger partial charge is 0.370 e. The standard InChI is InChI=1S/C21H28N6/c22-21-26(15-16-27(21)14-9-19-3-1-10-23-19)13-8-17-4-6-18(7-5-17)20-24-11-2-12-25-20/h4-7,15-16,22H,1-3,8-14H2,(H,24,25). The minimum absolute atomic E-state index is 0.575. The van der Waals surface area contributed by atoms with Crippen molar-refractivity contribution < 1.29 is 0 Å². The highest BCUT2D eigenvalue weighted by Gasteiger charge is 2.08. The molecule has 2 N–H and O–H groups in total. The van der Waals surface area contributed by atoms with E-state index in [1.165, 1.54) is 17.7 Å². The number of hydrogen-bond donors (Lipinski definition) is 2. The fourth-order valence-corrected chi connectivity index (χ4v) is 3.69. The van der Waals surface area contributed by atoms with Crippen molar-refractivity contribution in [1.29, 1.82) is 5.41 Å². The quantitative estimate of drug-likeness (QED) is 0.778. The van der Waals surface area contributed by atoms with Gasteiger partial charge in [-0.25, -0.2) is 0 Å². The molecule has 27 heavy (non-hydrogen) atoms. The minimum atomic E-state index is 0.575. The molecule has 3 heterocycles. The highest BCUT2D eigenvalue weighted by molar-refractivity contribution is 5.99. The van der Waals surface area contributed by atoms with Crippen LogP contribution in [0.2, 0.25) is 0 Å². The minimum Gasteiger partial charge on any atom is -0.370 e. The Hall–Kier alpha value is -2.63. The van der Waals surface area contributed by atoms with E-state index in [1.807, 2.05) is 21.5 Å². The van der Waals surface area contributed by atoms with Crippen LogP contribution in [0.1, 0.15) is 36.8 Å². The fraction of sp³-hybridized carbons (Fsp3) is 0.476. The van der Waals surface area contributed by atoms with Crippen LogP contribution < -0.4 is 10.9 Å². The van der Waals surface area contributed by atoms with E-state index in [0.717, 1.165) is 69.8 Å². The molecule has 6 nitrogen and oxygen atoms in total. The highest BCUT2D eigenvalue weighted by atomic mass is 15.2. The van der Waals surface area contributed by atoms with E-state index < -0.39 is 0 Å². The molecule has 0 unspecified atom stereocenters. The summed E-state index contributed by atoms with van der Waals surface area (Å²) >= 11 is 0. The van der Waals surface area contributed by atoms with Crippen molar-refractivity contribution in [2.75, 3.05) is 19.6 Å². The molecule has 0 radical (unpaired) electrons. The number of amidine groups is 1. The monoisotopic (exact) mass is 364 g/mol. The van der Waals surface area contributed by atoms with Crippen molar-refractivity contribution in [2.45, 2.75) is 45.2 Å². The average Bonchev–Trinajstić information content (AvgIpc) is 3.36. The maximum absolute atomic E-state index is 8.40. The summed E-state index contributed by atoms with van der Waals surface area (Å²) in [7, 11) is 0. The van der Waals surface area contributed by atoms with Gasteiger partial charge in [-0.05, 0) is 31.2 Å². The van der Waals surface area contributed by atoms with Gasteiger partial charge in [-0.3, -0.25) is 15.4 Å². The van der Waals surface area contributed by atoms with Gasteiger partial charge in [0.25, 0.3) is 0 Å². The van der Waals surface area contributed by atoms with Crippen LogP contribution in [0.5, 0.6) is 0 Å². The van der Waals surface area contributed by atoms with Crippen molar-refractivity contribution in [3.63, 3.8) is 0 Å². The molecule has 2 aromatic rings. The van der Waals surface area contributed by atoms with Crippen LogP contribution >= 0.6 is 0 Å². The molecule has 0 spiro atoms. The van der Waals surface area contributed by atoms with Crippen molar-refractivity contribution >= 4 is 11.5 Å². The van der Waals surface area contributed by atoms with Gasteiger partial charge >= 0.3 is 0 Å². The Bertz CT molecular complexity index is 884. The first-order chi connectivity index (χ1) is 13.3. The van der Waals surface area contributed by atoms with E-state index >= 15 is 0 Å².